The molecule has 2 aromatic carbocycles. The lowest BCUT2D eigenvalue weighted by Crippen LogP contribution is -2.40. The van der Waals surface area contributed by atoms with E-state index in [0.717, 1.165) is 28.9 Å². The van der Waals surface area contributed by atoms with Crippen LogP contribution in [0.3, 0.4) is 0 Å². The normalized spacial score (nSPS) is 17.8. The Hall–Kier alpha value is -2.23. The predicted octanol–water partition coefficient (Wildman–Crippen LogP) is 5.15. The van der Waals surface area contributed by atoms with E-state index in [-0.39, 0.29) is 4.90 Å². The van der Waals surface area contributed by atoms with Crippen LogP contribution in [-0.4, -0.2) is 42.0 Å². The maximum Gasteiger partial charge on any atom is 0.241 e. The lowest BCUT2D eigenvalue weighted by Gasteiger charge is -2.35. The minimum atomic E-state index is -3.64. The molecule has 0 amide bonds. The van der Waals surface area contributed by atoms with Crippen LogP contribution in [0.2, 0.25) is 0 Å². The summed E-state index contributed by atoms with van der Waals surface area (Å²) in [6, 6.07) is 13.0. The van der Waals surface area contributed by atoms with Gasteiger partial charge in [-0.25, -0.2) is 17.8 Å². The molecule has 7 nitrogen and oxygen atoms in total. The Morgan fingerprint density at radius 2 is 1.74 bits per heavy atom. The summed E-state index contributed by atoms with van der Waals surface area (Å²) in [5.41, 5.74) is 3.46. The third-order valence-corrected chi connectivity index (χ3v) is 8.93. The van der Waals surface area contributed by atoms with Crippen LogP contribution in [0.25, 0.3) is 16.9 Å². The molecule has 1 aromatic heterocycles. The number of benzene rings is 2. The van der Waals surface area contributed by atoms with Gasteiger partial charge in [-0.15, -0.1) is 5.10 Å². The quantitative estimate of drug-likeness (QED) is 0.481. The van der Waals surface area contributed by atoms with Crippen LogP contribution in [-0.2, 0) is 10.0 Å². The lowest BCUT2D eigenvalue weighted by atomic mass is 9.93. The van der Waals surface area contributed by atoms with Crippen molar-refractivity contribution in [2.45, 2.75) is 56.9 Å². The Kier molecular flexibility index (Phi) is 5.85. The molecule has 2 aliphatic rings. The molecule has 1 aliphatic carbocycles. The van der Waals surface area contributed by atoms with Crippen LogP contribution in [0.4, 0.5) is 5.69 Å². The molecule has 1 saturated heterocycles. The number of sulfonamides is 1. The van der Waals surface area contributed by atoms with Gasteiger partial charge in [0, 0.05) is 28.7 Å². The summed E-state index contributed by atoms with van der Waals surface area (Å²) in [6.07, 6.45) is 7.09. The molecule has 9 heteroatoms. The highest BCUT2D eigenvalue weighted by molar-refractivity contribution is 9.10. The molecule has 34 heavy (non-hydrogen) atoms. The van der Waals surface area contributed by atoms with E-state index in [1.54, 1.807) is 22.9 Å². The van der Waals surface area contributed by atoms with Crippen LogP contribution < -0.4 is 9.62 Å². The molecule has 0 bridgehead atoms. The van der Waals surface area contributed by atoms with Gasteiger partial charge in [-0.1, -0.05) is 33.3 Å². The van der Waals surface area contributed by atoms with E-state index in [2.05, 4.69) is 41.9 Å². The van der Waals surface area contributed by atoms with E-state index in [9.17, 15) is 8.42 Å². The Morgan fingerprint density at radius 1 is 1.00 bits per heavy atom. The first kappa shape index (κ1) is 23.5. The summed E-state index contributed by atoms with van der Waals surface area (Å²) in [4.78, 5) is 2.65. The number of hydrogen-bond acceptors (Lipinski definition) is 5. The van der Waals surface area contributed by atoms with Crippen LogP contribution in [0.15, 0.2) is 58.0 Å². The van der Waals surface area contributed by atoms with Gasteiger partial charge in [-0.3, -0.25) is 0 Å². The Balaban J connectivity index is 1.44. The standard InChI is InChI=1S/C25H30BrN5O2S/c1-24(2,3)28-34(32,33)20-6-4-5-18(15-20)21-17-31(29-27-21)22-8-7-19(26)16-23(22)30-13-11-25(9-10-25)12-14-30/h4-8,15-17,28H,9-14H2,1-3H3. The van der Waals surface area contributed by atoms with Crippen molar-refractivity contribution < 1.29 is 8.42 Å². The molecule has 5 rings (SSSR count). The number of nitrogens with zero attached hydrogens (tertiary/aromatic N) is 4. The number of hydrogen-bond donors (Lipinski definition) is 1. The first-order valence-electron chi connectivity index (χ1n) is 11.7. The highest BCUT2D eigenvalue weighted by Crippen LogP contribution is 2.54. The summed E-state index contributed by atoms with van der Waals surface area (Å²) in [7, 11) is -3.64. The number of nitrogens with one attached hydrogen (secondary N) is 1. The average Bonchev–Trinajstić information content (AvgIpc) is 3.34. The van der Waals surface area contributed by atoms with Crippen LogP contribution in [0.1, 0.15) is 46.5 Å². The highest BCUT2D eigenvalue weighted by Gasteiger charge is 2.44. The fourth-order valence-corrected chi connectivity index (χ4v) is 6.45. The van der Waals surface area contributed by atoms with Gasteiger partial charge < -0.3 is 4.90 Å². The fourth-order valence-electron chi connectivity index (χ4n) is 4.64. The van der Waals surface area contributed by atoms with Crippen molar-refractivity contribution in [1.82, 2.24) is 19.7 Å². The lowest BCUT2D eigenvalue weighted by molar-refractivity contribution is 0.384. The zero-order valence-electron chi connectivity index (χ0n) is 19.8. The van der Waals surface area contributed by atoms with E-state index in [1.807, 2.05) is 45.2 Å². The van der Waals surface area contributed by atoms with Crippen LogP contribution in [0, 0.1) is 5.41 Å². The molecule has 180 valence electrons. The van der Waals surface area contributed by atoms with E-state index >= 15 is 0 Å². The van der Waals surface area contributed by atoms with Gasteiger partial charge in [0.15, 0.2) is 0 Å². The number of aromatic nitrogens is 3. The molecule has 0 unspecified atom stereocenters. The monoisotopic (exact) mass is 543 g/mol. The molecule has 0 atom stereocenters. The third kappa shape index (κ3) is 4.92. The van der Waals surface area contributed by atoms with Gasteiger partial charge in [-0.2, -0.15) is 0 Å². The van der Waals surface area contributed by atoms with Crippen molar-refractivity contribution >= 4 is 31.6 Å². The molecule has 2 heterocycles. The van der Waals surface area contributed by atoms with Gasteiger partial charge in [0.25, 0.3) is 0 Å². The first-order valence-corrected chi connectivity index (χ1v) is 13.9. The van der Waals surface area contributed by atoms with Gasteiger partial charge in [0.2, 0.25) is 10.0 Å². The van der Waals surface area contributed by atoms with E-state index in [0.29, 0.717) is 16.7 Å². The smallest absolute Gasteiger partial charge is 0.241 e. The summed E-state index contributed by atoms with van der Waals surface area (Å²) in [5, 5.41) is 8.77. The Morgan fingerprint density at radius 3 is 2.41 bits per heavy atom. The zero-order valence-corrected chi connectivity index (χ0v) is 22.2. The van der Waals surface area contributed by atoms with E-state index in [4.69, 9.17) is 0 Å². The second-order valence-electron chi connectivity index (χ2n) is 10.6. The average molecular weight is 545 g/mol. The highest BCUT2D eigenvalue weighted by atomic mass is 79.9. The molecule has 3 aromatic rings. The number of rotatable bonds is 5. The maximum atomic E-state index is 12.8. The molecular weight excluding hydrogens is 514 g/mol. The second kappa shape index (κ2) is 8.46. The SMILES string of the molecule is CC(C)(C)NS(=O)(=O)c1cccc(-c2cn(-c3ccc(Br)cc3N3CCC4(CC3)CC4)nn2)c1. The number of anilines is 1. The summed E-state index contributed by atoms with van der Waals surface area (Å²) in [6.45, 7) is 7.56. The fraction of sp³-hybridized carbons (Fsp3) is 0.440. The Labute approximate surface area is 209 Å². The topological polar surface area (TPSA) is 80.1 Å². The Bertz CT molecular complexity index is 1320. The summed E-state index contributed by atoms with van der Waals surface area (Å²) in [5.74, 6) is 0. The van der Waals surface area contributed by atoms with Gasteiger partial charge >= 0.3 is 0 Å². The van der Waals surface area contributed by atoms with Crippen molar-refractivity contribution in [2.75, 3.05) is 18.0 Å². The number of halogens is 1. The zero-order chi connectivity index (χ0) is 24.1. The van der Waals surface area contributed by atoms with E-state index in [1.165, 1.54) is 25.7 Å². The minimum absolute atomic E-state index is 0.209. The first-order chi connectivity index (χ1) is 16.0. The maximum absolute atomic E-state index is 12.8. The molecule has 1 aliphatic heterocycles. The van der Waals surface area contributed by atoms with Crippen molar-refractivity contribution in [1.29, 1.82) is 0 Å². The summed E-state index contributed by atoms with van der Waals surface area (Å²) >= 11 is 3.62. The third-order valence-electron chi connectivity index (χ3n) is 6.68. The molecule has 2 fully saturated rings. The molecule has 0 radical (unpaired) electrons. The largest absolute Gasteiger partial charge is 0.370 e. The number of piperidine rings is 1. The molecule has 1 N–H and O–H groups in total. The van der Waals surface area contributed by atoms with Crippen molar-refractivity contribution in [2.24, 2.45) is 5.41 Å². The predicted molar refractivity (Wildman–Crippen MR) is 138 cm³/mol. The molecule has 1 saturated carbocycles. The summed E-state index contributed by atoms with van der Waals surface area (Å²) < 4.78 is 31.1. The molecule has 1 spiro atoms. The van der Waals surface area contributed by atoms with Crippen LogP contribution in [0.5, 0.6) is 0 Å². The van der Waals surface area contributed by atoms with Crippen LogP contribution >= 0.6 is 15.9 Å². The van der Waals surface area contributed by atoms with Gasteiger partial charge in [-0.05, 0) is 82.2 Å². The molecular formula is C25H30BrN5O2S. The van der Waals surface area contributed by atoms with Crippen molar-refractivity contribution in [3.05, 3.63) is 53.1 Å². The van der Waals surface area contributed by atoms with Gasteiger partial charge in [0.05, 0.1) is 22.5 Å². The van der Waals surface area contributed by atoms with Crippen molar-refractivity contribution in [3.8, 4) is 16.9 Å². The van der Waals surface area contributed by atoms with E-state index < -0.39 is 15.6 Å². The second-order valence-corrected chi connectivity index (χ2v) is 13.1. The van der Waals surface area contributed by atoms with Gasteiger partial charge in [0.1, 0.15) is 5.69 Å². The minimum Gasteiger partial charge on any atom is -0.370 e. The van der Waals surface area contributed by atoms with Crippen molar-refractivity contribution in [3.63, 3.8) is 0 Å².